The van der Waals surface area contributed by atoms with E-state index in [0.717, 1.165) is 64.0 Å². The fraction of sp³-hybridized carbons (Fsp3) is 0.417. The van der Waals surface area contributed by atoms with Crippen LogP contribution >= 0.6 is 0 Å². The van der Waals surface area contributed by atoms with Gasteiger partial charge in [0.2, 0.25) is 0 Å². The number of benzene rings is 2. The molecule has 0 radical (unpaired) electrons. The maximum absolute atomic E-state index is 3.46. The van der Waals surface area contributed by atoms with Crippen molar-refractivity contribution in [2.45, 2.75) is 12.8 Å². The Balaban J connectivity index is 0.00000144. The number of halogens is 2. The van der Waals surface area contributed by atoms with Crippen molar-refractivity contribution < 1.29 is 34.8 Å². The van der Waals surface area contributed by atoms with Crippen LogP contribution in [0, 0.1) is 0 Å². The van der Waals surface area contributed by atoms with E-state index in [1.54, 1.807) is 0 Å². The molecular weight excluding hydrogens is 443 g/mol. The molecule has 1 saturated heterocycles. The minimum Gasteiger partial charge on any atom is -1.00 e. The Morgan fingerprint density at radius 1 is 0.562 bits per heavy atom. The second-order valence-electron chi connectivity index (χ2n) is 8.23. The third kappa shape index (κ3) is 5.48. The number of amidine groups is 2. The Morgan fingerprint density at radius 3 is 1.25 bits per heavy atom. The van der Waals surface area contributed by atoms with Crippen LogP contribution in [0.5, 0.6) is 0 Å². The summed E-state index contributed by atoms with van der Waals surface area (Å²) < 4.78 is 0. The zero-order chi connectivity index (χ0) is 20.2. The van der Waals surface area contributed by atoms with E-state index < -0.39 is 0 Å². The first kappa shape index (κ1) is 24.2. The fourth-order valence-corrected chi connectivity index (χ4v) is 4.46. The minimum absolute atomic E-state index is 0. The highest BCUT2D eigenvalue weighted by molar-refractivity contribution is 5.95. The van der Waals surface area contributed by atoms with Gasteiger partial charge in [0.25, 0.3) is 11.7 Å². The molecule has 0 aromatic heterocycles. The van der Waals surface area contributed by atoms with Crippen molar-refractivity contribution in [2.24, 2.45) is 0 Å². The smallest absolute Gasteiger partial charge is 0.274 e. The normalized spacial score (nSPS) is 18.2. The van der Waals surface area contributed by atoms with Gasteiger partial charge in [-0.05, 0) is 48.5 Å². The first-order valence-corrected chi connectivity index (χ1v) is 11.3. The second kappa shape index (κ2) is 11.4. The molecule has 5 rings (SSSR count). The van der Waals surface area contributed by atoms with Gasteiger partial charge in [0.05, 0.1) is 37.3 Å². The van der Waals surface area contributed by atoms with E-state index in [1.807, 2.05) is 0 Å². The van der Waals surface area contributed by atoms with Crippen LogP contribution in [0.1, 0.15) is 24.0 Å². The molecule has 0 saturated carbocycles. The van der Waals surface area contributed by atoms with Crippen LogP contribution in [0.15, 0.2) is 48.5 Å². The van der Waals surface area contributed by atoms with E-state index in [1.165, 1.54) is 35.3 Å². The topological polar surface area (TPSA) is 58.5 Å². The number of nitrogens with zero attached hydrogens (tertiary/aromatic N) is 2. The highest BCUT2D eigenvalue weighted by Crippen LogP contribution is 2.21. The van der Waals surface area contributed by atoms with Crippen molar-refractivity contribution in [3.63, 3.8) is 0 Å². The summed E-state index contributed by atoms with van der Waals surface area (Å²) in [5.74, 6) is 2.33. The van der Waals surface area contributed by atoms with E-state index in [9.17, 15) is 0 Å². The van der Waals surface area contributed by atoms with Crippen molar-refractivity contribution in [1.29, 1.82) is 0 Å². The molecule has 0 amide bonds. The van der Waals surface area contributed by atoms with Gasteiger partial charge in [-0.15, -0.1) is 0 Å². The molecule has 3 heterocycles. The molecule has 6 nitrogen and oxygen atoms in total. The predicted octanol–water partition coefficient (Wildman–Crippen LogP) is -7.34. The van der Waals surface area contributed by atoms with E-state index in [0.29, 0.717) is 0 Å². The van der Waals surface area contributed by atoms with Crippen molar-refractivity contribution in [3.05, 3.63) is 59.7 Å². The number of anilines is 2. The molecule has 3 aliphatic rings. The summed E-state index contributed by atoms with van der Waals surface area (Å²) in [6.07, 6.45) is 2.36. The summed E-state index contributed by atoms with van der Waals surface area (Å²) in [4.78, 5) is 11.9. The number of hydrogen-bond acceptors (Lipinski definition) is 4. The maximum atomic E-state index is 3.46. The van der Waals surface area contributed by atoms with Gasteiger partial charge in [-0.2, -0.15) is 0 Å². The highest BCUT2D eigenvalue weighted by Gasteiger charge is 2.20. The maximum Gasteiger partial charge on any atom is 0.274 e. The summed E-state index contributed by atoms with van der Waals surface area (Å²) in [6.45, 7) is 8.42. The summed E-state index contributed by atoms with van der Waals surface area (Å²) in [5.41, 5.74) is 5.13. The lowest BCUT2D eigenvalue weighted by Gasteiger charge is -2.37. The third-order valence-corrected chi connectivity index (χ3v) is 6.24. The summed E-state index contributed by atoms with van der Waals surface area (Å²) >= 11 is 0. The monoisotopic (exact) mass is 474 g/mol. The highest BCUT2D eigenvalue weighted by atomic mass is 35.5. The molecule has 4 N–H and O–H groups in total. The van der Waals surface area contributed by atoms with Crippen LogP contribution in [0.25, 0.3) is 0 Å². The van der Waals surface area contributed by atoms with E-state index in [-0.39, 0.29) is 24.8 Å². The zero-order valence-corrected chi connectivity index (χ0v) is 19.9. The quantitative estimate of drug-likeness (QED) is 0.355. The van der Waals surface area contributed by atoms with Gasteiger partial charge < -0.3 is 34.6 Å². The Hall–Kier alpha value is -2.44. The summed E-state index contributed by atoms with van der Waals surface area (Å²) in [6, 6.07) is 17.9. The molecule has 1 fully saturated rings. The number of piperazine rings is 1. The van der Waals surface area contributed by atoms with Gasteiger partial charge in [-0.1, -0.05) is 0 Å². The summed E-state index contributed by atoms with van der Waals surface area (Å²) in [7, 11) is 0. The van der Waals surface area contributed by atoms with Gasteiger partial charge in [0, 0.05) is 50.4 Å². The molecule has 0 bridgehead atoms. The minimum atomic E-state index is 0. The molecule has 0 atom stereocenters. The first-order chi connectivity index (χ1) is 14.9. The fourth-order valence-electron chi connectivity index (χ4n) is 4.46. The third-order valence-electron chi connectivity index (χ3n) is 6.24. The van der Waals surface area contributed by atoms with E-state index >= 15 is 0 Å². The van der Waals surface area contributed by atoms with E-state index in [4.69, 9.17) is 0 Å². The zero-order valence-electron chi connectivity index (χ0n) is 18.3. The van der Waals surface area contributed by atoms with Crippen molar-refractivity contribution in [2.75, 3.05) is 62.2 Å². The van der Waals surface area contributed by atoms with Crippen LogP contribution in [0.2, 0.25) is 0 Å². The molecule has 2 aromatic rings. The molecule has 0 aliphatic carbocycles. The average Bonchev–Trinajstić information content (AvgIpc) is 2.85. The summed E-state index contributed by atoms with van der Waals surface area (Å²) in [5, 5.41) is 6.92. The molecule has 172 valence electrons. The SMILES string of the molecule is [Cl-].[Cl-].c1cc(N2CCN(c3ccc(C4=[NH+]CCCN4)cc3)CC2)ccc1C1=[NH+]CCCN1. The molecule has 3 aliphatic heterocycles. The van der Waals surface area contributed by atoms with Crippen LogP contribution in [-0.2, 0) is 0 Å². The van der Waals surface area contributed by atoms with E-state index in [2.05, 4.69) is 78.9 Å². The Kier molecular flexibility index (Phi) is 8.65. The Labute approximate surface area is 203 Å². The standard InChI is InChI=1S/C24H30N6.2ClH/c1-11-25-23(26-12-1)19-3-7-21(8-4-19)29-15-17-30(18-16-29)22-9-5-20(6-10-22)24-27-13-2-14-28-24;;/h3-10H,1-2,11-18H2,(H,25,26)(H,27,28);2*1H. The number of nitrogens with one attached hydrogen (secondary N) is 4. The van der Waals surface area contributed by atoms with Crippen molar-refractivity contribution in [1.82, 2.24) is 10.6 Å². The van der Waals surface area contributed by atoms with Crippen LogP contribution in [-0.4, -0.2) is 64.0 Å². The predicted molar refractivity (Wildman–Crippen MR) is 122 cm³/mol. The molecule has 32 heavy (non-hydrogen) atoms. The second-order valence-corrected chi connectivity index (χ2v) is 8.23. The largest absolute Gasteiger partial charge is 1.00 e. The van der Waals surface area contributed by atoms with Gasteiger partial charge in [0.1, 0.15) is 0 Å². The molecule has 0 unspecified atom stereocenters. The van der Waals surface area contributed by atoms with Crippen LogP contribution in [0.3, 0.4) is 0 Å². The van der Waals surface area contributed by atoms with Gasteiger partial charge >= 0.3 is 0 Å². The molecule has 8 heteroatoms. The lowest BCUT2D eigenvalue weighted by atomic mass is 10.1. The average molecular weight is 475 g/mol. The first-order valence-electron chi connectivity index (χ1n) is 11.3. The van der Waals surface area contributed by atoms with Crippen molar-refractivity contribution >= 4 is 23.0 Å². The molecule has 0 spiro atoms. The number of rotatable bonds is 4. The van der Waals surface area contributed by atoms with Gasteiger partial charge in [0.15, 0.2) is 0 Å². The molecular formula is C24H32Cl2N6. The van der Waals surface area contributed by atoms with Crippen LogP contribution < -0.4 is 55.2 Å². The Morgan fingerprint density at radius 2 is 0.938 bits per heavy atom. The van der Waals surface area contributed by atoms with Gasteiger partial charge in [-0.25, -0.2) is 0 Å². The molecule has 2 aromatic carbocycles. The Bertz CT molecular complexity index is 841. The number of hydrogen-bond donors (Lipinski definition) is 4. The lowest BCUT2D eigenvalue weighted by molar-refractivity contribution is -0.463. The lowest BCUT2D eigenvalue weighted by Crippen LogP contribution is -3.00. The van der Waals surface area contributed by atoms with Crippen molar-refractivity contribution in [3.8, 4) is 0 Å². The van der Waals surface area contributed by atoms with Crippen LogP contribution in [0.4, 0.5) is 11.4 Å². The van der Waals surface area contributed by atoms with Gasteiger partial charge in [-0.3, -0.25) is 20.6 Å².